The summed E-state index contributed by atoms with van der Waals surface area (Å²) in [6.07, 6.45) is 5.09. The number of halogens is 1. The number of nitriles is 1. The second kappa shape index (κ2) is 5.55. The van der Waals surface area contributed by atoms with E-state index in [1.165, 1.54) is 12.8 Å². The number of hydrogen-bond donors (Lipinski definition) is 0. The molecule has 90 valence electrons. The van der Waals surface area contributed by atoms with Crippen molar-refractivity contribution < 1.29 is 4.74 Å². The quantitative estimate of drug-likeness (QED) is 0.815. The van der Waals surface area contributed by atoms with E-state index in [9.17, 15) is 0 Å². The van der Waals surface area contributed by atoms with Gasteiger partial charge in [0.2, 0.25) is 0 Å². The van der Waals surface area contributed by atoms with Crippen molar-refractivity contribution in [2.75, 3.05) is 0 Å². The van der Waals surface area contributed by atoms with Gasteiger partial charge in [0.25, 0.3) is 0 Å². The lowest BCUT2D eigenvalue weighted by Gasteiger charge is -2.27. The lowest BCUT2D eigenvalue weighted by molar-refractivity contribution is 0.134. The van der Waals surface area contributed by atoms with Crippen LogP contribution in [0.25, 0.3) is 0 Å². The van der Waals surface area contributed by atoms with Crippen LogP contribution in [0.5, 0.6) is 5.75 Å². The summed E-state index contributed by atoms with van der Waals surface area (Å²) in [4.78, 5) is 0. The largest absolute Gasteiger partial charge is 0.489 e. The predicted octanol–water partition coefficient (Wildman–Crippen LogP) is 4.28. The van der Waals surface area contributed by atoms with Gasteiger partial charge in [0.1, 0.15) is 5.75 Å². The Morgan fingerprint density at radius 3 is 2.59 bits per heavy atom. The summed E-state index contributed by atoms with van der Waals surface area (Å²) in [6.45, 7) is 2.30. The first-order valence-electron chi connectivity index (χ1n) is 6.05. The minimum Gasteiger partial charge on any atom is -0.489 e. The van der Waals surface area contributed by atoms with Crippen LogP contribution in [-0.2, 0) is 0 Å². The Balaban J connectivity index is 2.02. The molecular formula is C14H16BrNO. The SMILES string of the molecule is CC1CCC(Oc2ccc(C#N)cc2Br)CC1. The highest BCUT2D eigenvalue weighted by Gasteiger charge is 2.20. The maximum atomic E-state index is 8.79. The number of ether oxygens (including phenoxy) is 1. The minimum atomic E-state index is 0.329. The Bertz CT molecular complexity index is 430. The van der Waals surface area contributed by atoms with Crippen molar-refractivity contribution in [2.24, 2.45) is 5.92 Å². The van der Waals surface area contributed by atoms with E-state index in [0.717, 1.165) is 29.0 Å². The van der Waals surface area contributed by atoms with Crippen molar-refractivity contribution in [3.63, 3.8) is 0 Å². The van der Waals surface area contributed by atoms with Crippen LogP contribution >= 0.6 is 15.9 Å². The summed E-state index contributed by atoms with van der Waals surface area (Å²) in [5, 5.41) is 8.79. The van der Waals surface area contributed by atoms with E-state index in [-0.39, 0.29) is 0 Å². The molecule has 17 heavy (non-hydrogen) atoms. The van der Waals surface area contributed by atoms with E-state index in [0.29, 0.717) is 11.7 Å². The molecule has 1 aromatic carbocycles. The van der Waals surface area contributed by atoms with E-state index in [2.05, 4.69) is 28.9 Å². The number of benzene rings is 1. The molecule has 1 fully saturated rings. The summed E-state index contributed by atoms with van der Waals surface area (Å²) < 4.78 is 6.85. The molecule has 0 radical (unpaired) electrons. The summed E-state index contributed by atoms with van der Waals surface area (Å²) in [5.74, 6) is 1.68. The van der Waals surface area contributed by atoms with Gasteiger partial charge >= 0.3 is 0 Å². The van der Waals surface area contributed by atoms with Crippen LogP contribution < -0.4 is 4.74 Å². The Kier molecular flexibility index (Phi) is 4.06. The highest BCUT2D eigenvalue weighted by Crippen LogP contribution is 2.31. The smallest absolute Gasteiger partial charge is 0.133 e. The second-order valence-electron chi connectivity index (χ2n) is 4.76. The van der Waals surface area contributed by atoms with E-state index in [1.54, 1.807) is 12.1 Å². The van der Waals surface area contributed by atoms with Crippen molar-refractivity contribution in [2.45, 2.75) is 38.7 Å². The lowest BCUT2D eigenvalue weighted by atomic mass is 9.89. The van der Waals surface area contributed by atoms with Gasteiger partial charge in [-0.2, -0.15) is 5.26 Å². The maximum Gasteiger partial charge on any atom is 0.133 e. The predicted molar refractivity (Wildman–Crippen MR) is 70.9 cm³/mol. The van der Waals surface area contributed by atoms with Crippen molar-refractivity contribution >= 4 is 15.9 Å². The van der Waals surface area contributed by atoms with Crippen LogP contribution in [0.15, 0.2) is 22.7 Å². The fourth-order valence-electron chi connectivity index (χ4n) is 2.19. The average Bonchev–Trinajstić information content (AvgIpc) is 2.34. The molecule has 1 aromatic rings. The van der Waals surface area contributed by atoms with Gasteiger partial charge in [-0.05, 0) is 65.7 Å². The summed E-state index contributed by atoms with van der Waals surface area (Å²) >= 11 is 3.45. The van der Waals surface area contributed by atoms with Gasteiger partial charge in [0.15, 0.2) is 0 Å². The van der Waals surface area contributed by atoms with Crippen molar-refractivity contribution in [1.82, 2.24) is 0 Å². The first kappa shape index (κ1) is 12.4. The third-order valence-corrected chi connectivity index (χ3v) is 3.94. The van der Waals surface area contributed by atoms with E-state index < -0.39 is 0 Å². The number of rotatable bonds is 2. The van der Waals surface area contributed by atoms with Gasteiger partial charge in [-0.25, -0.2) is 0 Å². The third kappa shape index (κ3) is 3.23. The third-order valence-electron chi connectivity index (χ3n) is 3.32. The molecule has 0 aliphatic heterocycles. The van der Waals surface area contributed by atoms with Crippen molar-refractivity contribution in [3.8, 4) is 11.8 Å². The van der Waals surface area contributed by atoms with E-state index in [4.69, 9.17) is 10.00 Å². The number of nitrogens with zero attached hydrogens (tertiary/aromatic N) is 1. The summed E-state index contributed by atoms with van der Waals surface area (Å²) in [6, 6.07) is 7.60. The van der Waals surface area contributed by atoms with Gasteiger partial charge < -0.3 is 4.74 Å². The Morgan fingerprint density at radius 1 is 1.29 bits per heavy atom. The van der Waals surface area contributed by atoms with E-state index in [1.807, 2.05) is 6.07 Å². The average molecular weight is 294 g/mol. The molecule has 2 rings (SSSR count). The first-order chi connectivity index (χ1) is 8.19. The molecule has 0 N–H and O–H groups in total. The maximum absolute atomic E-state index is 8.79. The second-order valence-corrected chi connectivity index (χ2v) is 5.61. The molecule has 0 bridgehead atoms. The van der Waals surface area contributed by atoms with Crippen molar-refractivity contribution in [3.05, 3.63) is 28.2 Å². The van der Waals surface area contributed by atoms with Crippen LogP contribution in [0, 0.1) is 17.2 Å². The highest BCUT2D eigenvalue weighted by molar-refractivity contribution is 9.10. The standard InChI is InChI=1S/C14H16BrNO/c1-10-2-5-12(6-3-10)17-14-7-4-11(9-16)8-13(14)15/h4,7-8,10,12H,2-3,5-6H2,1H3. The monoisotopic (exact) mass is 293 g/mol. The van der Waals surface area contributed by atoms with Crippen LogP contribution in [-0.4, -0.2) is 6.10 Å². The molecule has 2 nitrogen and oxygen atoms in total. The van der Waals surface area contributed by atoms with Crippen molar-refractivity contribution in [1.29, 1.82) is 5.26 Å². The zero-order valence-corrected chi connectivity index (χ0v) is 11.5. The van der Waals surface area contributed by atoms with Gasteiger partial charge in [-0.1, -0.05) is 6.92 Å². The molecule has 0 heterocycles. The normalized spacial score (nSPS) is 24.1. The molecule has 0 atom stereocenters. The van der Waals surface area contributed by atoms with Crippen LogP contribution in [0.1, 0.15) is 38.2 Å². The molecular weight excluding hydrogens is 278 g/mol. The Hall–Kier alpha value is -1.01. The first-order valence-corrected chi connectivity index (χ1v) is 6.84. The molecule has 1 aliphatic rings. The lowest BCUT2D eigenvalue weighted by Crippen LogP contribution is -2.23. The zero-order valence-electron chi connectivity index (χ0n) is 9.95. The van der Waals surface area contributed by atoms with Gasteiger partial charge in [0, 0.05) is 0 Å². The molecule has 0 unspecified atom stereocenters. The molecule has 3 heteroatoms. The van der Waals surface area contributed by atoms with Crippen LogP contribution in [0.4, 0.5) is 0 Å². The Morgan fingerprint density at radius 2 is 2.00 bits per heavy atom. The molecule has 1 aliphatic carbocycles. The highest BCUT2D eigenvalue weighted by atomic mass is 79.9. The van der Waals surface area contributed by atoms with Gasteiger partial charge in [-0.3, -0.25) is 0 Å². The molecule has 0 spiro atoms. The number of hydrogen-bond acceptors (Lipinski definition) is 2. The minimum absolute atomic E-state index is 0.329. The Labute approximate surface area is 111 Å². The summed E-state index contributed by atoms with van der Waals surface area (Å²) in [7, 11) is 0. The van der Waals surface area contributed by atoms with Gasteiger partial charge in [-0.15, -0.1) is 0 Å². The zero-order chi connectivity index (χ0) is 12.3. The van der Waals surface area contributed by atoms with Gasteiger partial charge in [0.05, 0.1) is 22.2 Å². The summed E-state index contributed by atoms with van der Waals surface area (Å²) in [5.41, 5.74) is 0.654. The molecule has 0 amide bonds. The fraction of sp³-hybridized carbons (Fsp3) is 0.500. The molecule has 0 aromatic heterocycles. The van der Waals surface area contributed by atoms with E-state index >= 15 is 0 Å². The van der Waals surface area contributed by atoms with Crippen LogP contribution in [0.2, 0.25) is 0 Å². The van der Waals surface area contributed by atoms with Crippen LogP contribution in [0.3, 0.4) is 0 Å². The topological polar surface area (TPSA) is 33.0 Å². The molecule has 0 saturated heterocycles. The molecule has 1 saturated carbocycles. The fourth-order valence-corrected chi connectivity index (χ4v) is 2.67.